The zero-order valence-electron chi connectivity index (χ0n) is 28.9. The Bertz CT molecular complexity index is 1270. The van der Waals surface area contributed by atoms with Crippen molar-refractivity contribution >= 4 is 208 Å². The molecular formula is C21H56O4P25+. The van der Waals surface area contributed by atoms with E-state index >= 15 is 4.79 Å². The van der Waals surface area contributed by atoms with Crippen LogP contribution in [0.1, 0.15) is 53.9 Å². The van der Waals surface area contributed by atoms with Crippen LogP contribution in [0.5, 0.6) is 0 Å². The van der Waals surface area contributed by atoms with Crippen molar-refractivity contribution in [1.82, 2.24) is 0 Å². The van der Waals surface area contributed by atoms with Crippen LogP contribution in [-0.2, 0) is 18.4 Å². The molecule has 4 nitrogen and oxygen atoms in total. The van der Waals surface area contributed by atoms with Gasteiger partial charge in [0.15, 0.2) is 11.4 Å². The second-order valence-electron chi connectivity index (χ2n) is 13.2. The Balaban J connectivity index is 2.44. The van der Waals surface area contributed by atoms with Crippen LogP contribution in [0.15, 0.2) is 23.3 Å². The molecule has 0 heterocycles. The first kappa shape index (κ1) is 53.8. The zero-order chi connectivity index (χ0) is 38.4. The van der Waals surface area contributed by atoms with Crippen LogP contribution < -0.4 is 0 Å². The first-order chi connectivity index (χ1) is 23.0. The Hall–Kier alpha value is 9.49. The van der Waals surface area contributed by atoms with Crippen molar-refractivity contribution in [2.24, 2.45) is 28.6 Å². The Morgan fingerprint density at radius 1 is 0.880 bits per heavy atom. The van der Waals surface area contributed by atoms with Gasteiger partial charge in [-0.05, 0) is 83.6 Å². The van der Waals surface area contributed by atoms with Crippen molar-refractivity contribution in [2.45, 2.75) is 71.7 Å². The maximum atomic E-state index is 15.8. The predicted octanol–water partition coefficient (Wildman–Crippen LogP) is 18.3. The third-order valence-electron chi connectivity index (χ3n) is 10.2. The Kier molecular flexibility index (Phi) is 25.4. The second-order valence-corrected chi connectivity index (χ2v) is 99.3. The number of hydrogen-bond acceptors (Lipinski definition) is 4. The van der Waals surface area contributed by atoms with Crippen molar-refractivity contribution in [3.8, 4) is 0 Å². The van der Waals surface area contributed by atoms with Crippen molar-refractivity contribution < 1.29 is 18.4 Å². The molecular weight excluding hydrogens is 1090 g/mol. The summed E-state index contributed by atoms with van der Waals surface area (Å²) in [6, 6.07) is 0. The topological polar surface area (TPSA) is 52.6 Å². The maximum absolute atomic E-state index is 15.8. The number of carbonyl (C=O) groups excluding carboxylic acids is 1. The highest BCUT2D eigenvalue weighted by molar-refractivity contribution is 9.19. The number of fused-ring (bicyclic) bond motifs is 3. The molecule has 26 atom stereocenters. The van der Waals surface area contributed by atoms with E-state index in [2.05, 4.69) is 157 Å². The molecule has 0 radical (unpaired) electrons. The summed E-state index contributed by atoms with van der Waals surface area (Å²) in [6.07, 6.45) is 1.76. The monoisotopic (exact) mass is 1150 g/mol. The molecule has 50 heavy (non-hydrogen) atoms. The second kappa shape index (κ2) is 23.6. The van der Waals surface area contributed by atoms with E-state index in [0.29, 0.717) is 7.96 Å². The summed E-state index contributed by atoms with van der Waals surface area (Å²) in [4.78, 5) is 15.8. The molecule has 0 N–H and O–H groups in total. The van der Waals surface area contributed by atoms with Crippen molar-refractivity contribution in [3.63, 3.8) is 0 Å². The van der Waals surface area contributed by atoms with E-state index in [0.717, 1.165) is 30.4 Å². The quantitative estimate of drug-likeness (QED) is 0.128. The van der Waals surface area contributed by atoms with E-state index in [4.69, 9.17) is 9.05 Å². The SMILES string of the molecule is C=C1CC[C@H](C)[C@@]2(C)C(=O)[C@H](OP(P(P)P)P(PP)P(P)P)C3=C(C)[C@@H](OP(P(P)P(P)P)P(P(P)P)P(P)P)CC([C@@H]([P+](=O)P)[C@H]12)C3(C)C. The summed E-state index contributed by atoms with van der Waals surface area (Å²) < 4.78 is 29.5. The van der Waals surface area contributed by atoms with E-state index in [1.54, 1.807) is 0 Å². The van der Waals surface area contributed by atoms with E-state index in [1.165, 1.54) is 5.57 Å². The number of rotatable bonds is 14. The molecule has 0 aliphatic heterocycles. The van der Waals surface area contributed by atoms with Gasteiger partial charge in [-0.25, -0.2) is 0 Å². The summed E-state index contributed by atoms with van der Waals surface area (Å²) in [5.74, 6) is 0.171. The van der Waals surface area contributed by atoms with E-state index in [-0.39, 0.29) is 63.2 Å². The Labute approximate surface area is 347 Å². The molecule has 3 aliphatic rings. The molecule has 0 aromatic heterocycles. The molecule has 0 aromatic rings. The van der Waals surface area contributed by atoms with E-state index in [9.17, 15) is 4.57 Å². The van der Waals surface area contributed by atoms with Gasteiger partial charge in [-0.2, -0.15) is 0 Å². The number of allylic oxidation sites excluding steroid dienone is 1. The van der Waals surface area contributed by atoms with Gasteiger partial charge in [0.2, 0.25) is 0 Å². The molecule has 3 aliphatic carbocycles. The smallest absolute Gasteiger partial charge is 0.341 e. The van der Waals surface area contributed by atoms with Crippen molar-refractivity contribution in [2.75, 3.05) is 0 Å². The summed E-state index contributed by atoms with van der Waals surface area (Å²) >= 11 is 0. The van der Waals surface area contributed by atoms with E-state index < -0.39 is 67.4 Å². The van der Waals surface area contributed by atoms with Gasteiger partial charge in [0.25, 0.3) is 0 Å². The lowest BCUT2D eigenvalue weighted by molar-refractivity contribution is -0.144. The Morgan fingerprint density at radius 3 is 1.88 bits per heavy atom. The molecule has 0 aromatic carbocycles. The average Bonchev–Trinajstić information content (AvgIpc) is 2.99. The van der Waals surface area contributed by atoms with Crippen LogP contribution in [0.4, 0.5) is 0 Å². The van der Waals surface area contributed by atoms with Gasteiger partial charge in [-0.1, -0.05) is 61.3 Å². The first-order valence-corrected chi connectivity index (χ1v) is 58.4. The fourth-order valence-corrected chi connectivity index (χ4v) is 172. The third-order valence-corrected chi connectivity index (χ3v) is 130. The third kappa shape index (κ3) is 12.2. The largest absolute Gasteiger partial charge is 0.353 e. The van der Waals surface area contributed by atoms with Crippen LogP contribution in [0.2, 0.25) is 0 Å². The number of ketones is 1. The van der Waals surface area contributed by atoms with Crippen LogP contribution >= 0.6 is 202 Å². The highest BCUT2D eigenvalue weighted by Crippen LogP contribution is 3.18. The number of hydrogen-bond donors (Lipinski definition) is 0. The van der Waals surface area contributed by atoms with Gasteiger partial charge in [0, 0.05) is 38.2 Å². The molecule has 0 saturated heterocycles. The van der Waals surface area contributed by atoms with Crippen molar-refractivity contribution in [3.05, 3.63) is 23.3 Å². The van der Waals surface area contributed by atoms with Gasteiger partial charge in [-0.3, -0.25) is 4.79 Å². The van der Waals surface area contributed by atoms with Crippen LogP contribution in [0, 0.1) is 28.6 Å². The normalized spacial score (nSPS) is 33.5. The van der Waals surface area contributed by atoms with Crippen LogP contribution in [0.3, 0.4) is 0 Å². The molecule has 29 heteroatoms. The highest BCUT2D eigenvalue weighted by atomic mass is 33.2. The maximum Gasteiger partial charge on any atom is 0.353 e. The van der Waals surface area contributed by atoms with Gasteiger partial charge in [-0.15, -0.1) is 98.2 Å². The number of Topliss-reactive ketones (excluding diaryl/α,β-unsaturated/α-hetero) is 1. The summed E-state index contributed by atoms with van der Waals surface area (Å²) in [6.45, 7) is 12.6. The van der Waals surface area contributed by atoms with E-state index in [1.807, 2.05) is 0 Å². The zero-order valence-corrected chi connectivity index (χ0v) is 54.7. The first-order valence-electron chi connectivity index (χ1n) is 15.1. The molecule has 2 fully saturated rings. The minimum Gasteiger partial charge on any atom is -0.341 e. The van der Waals surface area contributed by atoms with Gasteiger partial charge in [0.05, 0.1) is 21.2 Å². The standard InChI is InChI=1S/C21H56O4P25/c1-10-7-8-11(2)21(6)15(10)18(40(23)27)13-9-14(24-42(48(38)44(30)31)50(46(34)35)47(36)37)12(3)16(20(13,4)5)17(19(21)22)25-41(43(28)29)49(39-26)45(32)33/h11,13-15,17-18,39H,1,7-9,26-38H2,2-6H3/q+1/t11-,13?,14-,15-,17+,18+,21+,41?,42?,48?,49?/m0/s1. The van der Waals surface area contributed by atoms with Gasteiger partial charge < -0.3 is 9.05 Å². The lowest BCUT2D eigenvalue weighted by atomic mass is 9.49. The highest BCUT2D eigenvalue weighted by Gasteiger charge is 2.66. The summed E-state index contributed by atoms with van der Waals surface area (Å²) in [7, 11) is 37.3. The molecule has 288 valence electrons. The summed E-state index contributed by atoms with van der Waals surface area (Å²) in [5.41, 5.74) is 2.04. The summed E-state index contributed by atoms with van der Waals surface area (Å²) in [5, 5.41) is 0. The number of carbonyl (C=O) groups is 1. The van der Waals surface area contributed by atoms with Gasteiger partial charge >= 0.3 is 7.49 Å². The molecule has 0 spiro atoms. The minimum atomic E-state index is -1.72. The van der Waals surface area contributed by atoms with Crippen LogP contribution in [0.25, 0.3) is 0 Å². The fraction of sp³-hybridized carbons (Fsp3) is 0.762. The predicted molar refractivity (Wildman–Crippen MR) is 304 cm³/mol. The van der Waals surface area contributed by atoms with Crippen LogP contribution in [-0.4, -0.2) is 23.7 Å². The van der Waals surface area contributed by atoms with Crippen molar-refractivity contribution in [1.29, 1.82) is 0 Å². The fourth-order valence-electron chi connectivity index (χ4n) is 7.63. The lowest BCUT2D eigenvalue weighted by Gasteiger charge is -2.57. The molecule has 2 bridgehead atoms. The lowest BCUT2D eigenvalue weighted by Crippen LogP contribution is -2.60. The molecule has 0 amide bonds. The molecule has 3 rings (SSSR count). The average molecular weight is 1150 g/mol. The Morgan fingerprint density at radius 2 is 1.44 bits per heavy atom. The molecule has 2 saturated carbocycles. The molecule has 20 unspecified atom stereocenters. The minimum absolute atomic E-state index is 0.0395. The van der Waals surface area contributed by atoms with Gasteiger partial charge in [0.1, 0.15) is 15.0 Å².